The van der Waals surface area contributed by atoms with Gasteiger partial charge in [-0.15, -0.1) is 11.8 Å². The third-order valence-corrected chi connectivity index (χ3v) is 5.12. The minimum absolute atomic E-state index is 0.0413. The van der Waals surface area contributed by atoms with Crippen molar-refractivity contribution in [3.63, 3.8) is 0 Å². The molecular formula is C16H19ClN4OS. The highest BCUT2D eigenvalue weighted by Gasteiger charge is 2.31. The van der Waals surface area contributed by atoms with Crippen LogP contribution in [-0.2, 0) is 7.05 Å². The molecule has 23 heavy (non-hydrogen) atoms. The molecule has 1 aliphatic rings. The van der Waals surface area contributed by atoms with E-state index in [1.165, 1.54) is 0 Å². The third kappa shape index (κ3) is 3.24. The van der Waals surface area contributed by atoms with Gasteiger partial charge >= 0.3 is 0 Å². The van der Waals surface area contributed by atoms with Gasteiger partial charge in [-0.3, -0.25) is 4.79 Å². The minimum Gasteiger partial charge on any atom is -0.336 e. The molecular weight excluding hydrogens is 332 g/mol. The summed E-state index contributed by atoms with van der Waals surface area (Å²) in [5.74, 6) is 0.836. The van der Waals surface area contributed by atoms with Crippen molar-refractivity contribution >= 4 is 29.3 Å². The molecule has 3 rings (SSSR count). The number of aryl methyl sites for hydroxylation is 1. The summed E-state index contributed by atoms with van der Waals surface area (Å²) in [6.07, 6.45) is 5.64. The van der Waals surface area contributed by atoms with Crippen molar-refractivity contribution in [2.75, 3.05) is 25.9 Å². The quantitative estimate of drug-likeness (QED) is 0.864. The van der Waals surface area contributed by atoms with Crippen LogP contribution in [0.2, 0.25) is 5.02 Å². The number of nitrogens with zero attached hydrogens (tertiary/aromatic N) is 3. The van der Waals surface area contributed by atoms with Gasteiger partial charge in [-0.05, 0) is 24.5 Å². The van der Waals surface area contributed by atoms with E-state index in [9.17, 15) is 4.79 Å². The first-order valence-corrected chi connectivity index (χ1v) is 9.04. The summed E-state index contributed by atoms with van der Waals surface area (Å²) in [5.41, 5.74) is 0.555. The van der Waals surface area contributed by atoms with Gasteiger partial charge in [0, 0.05) is 44.0 Å². The summed E-state index contributed by atoms with van der Waals surface area (Å²) in [4.78, 5) is 20.4. The maximum absolute atomic E-state index is 13.1. The molecule has 1 saturated heterocycles. The first-order valence-electron chi connectivity index (χ1n) is 7.44. The van der Waals surface area contributed by atoms with Crippen LogP contribution >= 0.6 is 23.4 Å². The van der Waals surface area contributed by atoms with Crippen LogP contribution in [0.1, 0.15) is 22.2 Å². The van der Waals surface area contributed by atoms with Crippen molar-refractivity contribution in [3.8, 4) is 0 Å². The summed E-state index contributed by atoms with van der Waals surface area (Å²) in [7, 11) is 1.95. The largest absolute Gasteiger partial charge is 0.336 e. The lowest BCUT2D eigenvalue weighted by atomic mass is 10.1. The standard InChI is InChI=1S/C16H19ClN4OS/c1-20-7-6-19-15(20)14-10-18-5-8-21(14)16(22)12-9-11(23-2)3-4-13(12)17/h3-4,6-7,9,14,18H,5,8,10H2,1-2H3. The van der Waals surface area contributed by atoms with Gasteiger partial charge in [0.2, 0.25) is 0 Å². The Balaban J connectivity index is 1.95. The Morgan fingerprint density at radius 3 is 3.00 bits per heavy atom. The number of nitrogens with one attached hydrogen (secondary N) is 1. The fourth-order valence-electron chi connectivity index (χ4n) is 2.83. The van der Waals surface area contributed by atoms with E-state index in [2.05, 4.69) is 10.3 Å². The maximum atomic E-state index is 13.1. The van der Waals surface area contributed by atoms with Crippen molar-refractivity contribution in [2.45, 2.75) is 10.9 Å². The zero-order chi connectivity index (χ0) is 16.4. The van der Waals surface area contributed by atoms with E-state index in [1.54, 1.807) is 24.0 Å². The molecule has 1 fully saturated rings. The molecule has 1 aromatic heterocycles. The van der Waals surface area contributed by atoms with E-state index in [0.717, 1.165) is 17.3 Å². The Morgan fingerprint density at radius 2 is 2.30 bits per heavy atom. The van der Waals surface area contributed by atoms with Crippen LogP contribution in [0.15, 0.2) is 35.5 Å². The normalized spacial score (nSPS) is 18.2. The highest BCUT2D eigenvalue weighted by Crippen LogP contribution is 2.28. The van der Waals surface area contributed by atoms with Gasteiger partial charge in [0.05, 0.1) is 10.6 Å². The SMILES string of the molecule is CSc1ccc(Cl)c(C(=O)N2CCNCC2c2nccn2C)c1. The predicted octanol–water partition coefficient (Wildman–Crippen LogP) is 2.58. The molecule has 5 nitrogen and oxygen atoms in total. The number of rotatable bonds is 3. The summed E-state index contributed by atoms with van der Waals surface area (Å²) in [6, 6.07) is 5.49. The van der Waals surface area contributed by atoms with Crippen molar-refractivity contribution in [1.82, 2.24) is 19.8 Å². The molecule has 0 bridgehead atoms. The third-order valence-electron chi connectivity index (χ3n) is 4.06. The summed E-state index contributed by atoms with van der Waals surface area (Å²) in [5, 5.41) is 3.83. The van der Waals surface area contributed by atoms with E-state index in [1.807, 2.05) is 41.1 Å². The number of imidazole rings is 1. The molecule has 0 saturated carbocycles. The molecule has 7 heteroatoms. The molecule has 1 aromatic carbocycles. The minimum atomic E-state index is -0.0924. The van der Waals surface area contributed by atoms with Gasteiger partial charge < -0.3 is 14.8 Å². The van der Waals surface area contributed by atoms with Crippen molar-refractivity contribution in [1.29, 1.82) is 0 Å². The second-order valence-corrected chi connectivity index (χ2v) is 6.75. The van der Waals surface area contributed by atoms with E-state index < -0.39 is 0 Å². The van der Waals surface area contributed by atoms with Crippen LogP contribution in [0.4, 0.5) is 0 Å². The molecule has 2 aromatic rings. The fraction of sp³-hybridized carbons (Fsp3) is 0.375. The van der Waals surface area contributed by atoms with Crippen LogP contribution in [0.5, 0.6) is 0 Å². The average molecular weight is 351 g/mol. The average Bonchev–Trinajstić information content (AvgIpc) is 3.00. The summed E-state index contributed by atoms with van der Waals surface area (Å²) in [6.45, 7) is 2.10. The maximum Gasteiger partial charge on any atom is 0.256 e. The van der Waals surface area contributed by atoms with E-state index in [-0.39, 0.29) is 11.9 Å². The van der Waals surface area contributed by atoms with Crippen LogP contribution in [0.25, 0.3) is 0 Å². The number of aromatic nitrogens is 2. The lowest BCUT2D eigenvalue weighted by Crippen LogP contribution is -2.49. The molecule has 1 unspecified atom stereocenters. The molecule has 2 heterocycles. The zero-order valence-electron chi connectivity index (χ0n) is 13.1. The van der Waals surface area contributed by atoms with Gasteiger partial charge in [-0.25, -0.2) is 4.98 Å². The van der Waals surface area contributed by atoms with Crippen molar-refractivity contribution in [3.05, 3.63) is 47.0 Å². The molecule has 0 radical (unpaired) electrons. The fourth-order valence-corrected chi connectivity index (χ4v) is 3.46. The van der Waals surface area contributed by atoms with E-state index >= 15 is 0 Å². The second-order valence-electron chi connectivity index (χ2n) is 5.46. The monoisotopic (exact) mass is 350 g/mol. The number of benzene rings is 1. The van der Waals surface area contributed by atoms with Crippen LogP contribution in [0.3, 0.4) is 0 Å². The first-order chi connectivity index (χ1) is 11.1. The number of carbonyl (C=O) groups is 1. The van der Waals surface area contributed by atoms with Gasteiger partial charge in [-0.1, -0.05) is 11.6 Å². The number of thioether (sulfide) groups is 1. The molecule has 0 aliphatic carbocycles. The van der Waals surface area contributed by atoms with Gasteiger partial charge in [0.1, 0.15) is 11.9 Å². The molecule has 0 spiro atoms. The molecule has 1 amide bonds. The lowest BCUT2D eigenvalue weighted by molar-refractivity contribution is 0.0621. The van der Waals surface area contributed by atoms with Gasteiger partial charge in [0.15, 0.2) is 0 Å². The Kier molecular flexibility index (Phi) is 4.94. The molecule has 122 valence electrons. The van der Waals surface area contributed by atoms with Crippen LogP contribution in [0, 0.1) is 0 Å². The predicted molar refractivity (Wildman–Crippen MR) is 93.1 cm³/mol. The number of amides is 1. The van der Waals surface area contributed by atoms with Gasteiger partial charge in [-0.2, -0.15) is 0 Å². The van der Waals surface area contributed by atoms with E-state index in [4.69, 9.17) is 11.6 Å². The number of piperazine rings is 1. The number of carbonyl (C=O) groups excluding carboxylic acids is 1. The van der Waals surface area contributed by atoms with Crippen LogP contribution in [-0.4, -0.2) is 46.2 Å². The summed E-state index contributed by atoms with van der Waals surface area (Å²) >= 11 is 7.88. The second kappa shape index (κ2) is 6.95. The lowest BCUT2D eigenvalue weighted by Gasteiger charge is -2.36. The summed E-state index contributed by atoms with van der Waals surface area (Å²) < 4.78 is 1.96. The molecule has 1 aliphatic heterocycles. The Morgan fingerprint density at radius 1 is 1.48 bits per heavy atom. The number of halogens is 1. The molecule has 1 atom stereocenters. The van der Waals surface area contributed by atoms with E-state index in [0.29, 0.717) is 23.7 Å². The Hall–Kier alpha value is -1.50. The zero-order valence-corrected chi connectivity index (χ0v) is 14.7. The smallest absolute Gasteiger partial charge is 0.256 e. The van der Waals surface area contributed by atoms with Crippen molar-refractivity contribution in [2.24, 2.45) is 7.05 Å². The first kappa shape index (κ1) is 16.4. The highest BCUT2D eigenvalue weighted by atomic mass is 35.5. The van der Waals surface area contributed by atoms with Gasteiger partial charge in [0.25, 0.3) is 5.91 Å². The Bertz CT molecular complexity index is 718. The molecule has 1 N–H and O–H groups in total. The highest BCUT2D eigenvalue weighted by molar-refractivity contribution is 7.98. The number of hydrogen-bond acceptors (Lipinski definition) is 4. The van der Waals surface area contributed by atoms with Crippen LogP contribution < -0.4 is 5.32 Å². The Labute approximate surface area is 145 Å². The number of hydrogen-bond donors (Lipinski definition) is 1. The topological polar surface area (TPSA) is 50.2 Å². The van der Waals surface area contributed by atoms with Crippen molar-refractivity contribution < 1.29 is 4.79 Å².